The number of aliphatic hydroxyl groups excluding tert-OH is 1. The van der Waals surface area contributed by atoms with Crippen molar-refractivity contribution in [1.82, 2.24) is 0 Å². The van der Waals surface area contributed by atoms with Crippen molar-refractivity contribution in [1.29, 1.82) is 0 Å². The van der Waals surface area contributed by atoms with E-state index < -0.39 is 0 Å². The molecule has 2 aromatic carbocycles. The number of aromatic hydroxyl groups is 1. The minimum absolute atomic E-state index is 0.0207. The first-order chi connectivity index (χ1) is 17.0. The topological polar surface area (TPSA) is 77.4 Å². The van der Waals surface area contributed by atoms with Gasteiger partial charge in [0.25, 0.3) is 0 Å². The monoisotopic (exact) mass is 488 g/mol. The van der Waals surface area contributed by atoms with E-state index in [0.717, 1.165) is 47.9 Å². The van der Waals surface area contributed by atoms with Crippen LogP contribution in [0.5, 0.6) is 11.5 Å². The van der Waals surface area contributed by atoms with Gasteiger partial charge in [-0.05, 0) is 54.5 Å². The molecule has 0 saturated carbocycles. The van der Waals surface area contributed by atoms with Crippen molar-refractivity contribution in [3.05, 3.63) is 47.0 Å². The molecule has 0 unspecified atom stereocenters. The van der Waals surface area contributed by atoms with Crippen molar-refractivity contribution in [3.63, 3.8) is 0 Å². The fourth-order valence-electron chi connectivity index (χ4n) is 3.97. The second-order valence-electron chi connectivity index (χ2n) is 9.10. The Morgan fingerprint density at radius 3 is 2.11 bits per heavy atom. The average molecular weight is 489 g/mol. The predicted molar refractivity (Wildman–Crippen MR) is 141 cm³/mol. The van der Waals surface area contributed by atoms with Crippen molar-refractivity contribution in [3.8, 4) is 22.6 Å². The summed E-state index contributed by atoms with van der Waals surface area (Å²) in [5.74, 6) is 1.28. The molecule has 0 aliphatic heterocycles. The van der Waals surface area contributed by atoms with Crippen molar-refractivity contribution in [2.24, 2.45) is 0 Å². The predicted octanol–water partition coefficient (Wildman–Crippen LogP) is 5.64. The molecular formula is C29H44O6. The molecule has 196 valence electrons. The van der Waals surface area contributed by atoms with Gasteiger partial charge in [0, 0.05) is 0 Å². The zero-order valence-electron chi connectivity index (χ0n) is 22.0. The fraction of sp³-hybridized carbons (Fsp3) is 0.586. The molecule has 6 nitrogen and oxygen atoms in total. The molecule has 0 aliphatic rings. The molecule has 0 fully saturated rings. The highest BCUT2D eigenvalue weighted by Gasteiger charge is 2.19. The highest BCUT2D eigenvalue weighted by atomic mass is 16.6. The molecular weight excluding hydrogens is 444 g/mol. The van der Waals surface area contributed by atoms with Crippen molar-refractivity contribution in [2.75, 3.05) is 52.9 Å². The standard InChI is InChI=1S/C29H44O6/c1-5-6-7-8-24-20-27(31)29(26-19-23(4)9-10-25(26)22(2)3)28(21-24)35-18-17-34-16-15-33-14-13-32-12-11-30/h9-10,19-22,30-31H,5-8,11-18H2,1-4H3. The number of hydrogen-bond donors (Lipinski definition) is 2. The Morgan fingerprint density at radius 1 is 0.829 bits per heavy atom. The van der Waals surface area contributed by atoms with Crippen molar-refractivity contribution < 1.29 is 29.2 Å². The third-order valence-electron chi connectivity index (χ3n) is 5.78. The summed E-state index contributed by atoms with van der Waals surface area (Å²) < 4.78 is 22.4. The molecule has 2 N–H and O–H groups in total. The van der Waals surface area contributed by atoms with Crippen LogP contribution in [-0.2, 0) is 20.6 Å². The molecule has 2 aromatic rings. The number of aliphatic hydroxyl groups is 1. The third-order valence-corrected chi connectivity index (χ3v) is 5.78. The largest absolute Gasteiger partial charge is 0.507 e. The van der Waals surface area contributed by atoms with Gasteiger partial charge in [0.1, 0.15) is 18.1 Å². The van der Waals surface area contributed by atoms with Gasteiger partial charge in [-0.15, -0.1) is 0 Å². The lowest BCUT2D eigenvalue weighted by Crippen LogP contribution is -2.13. The summed E-state index contributed by atoms with van der Waals surface area (Å²) in [6.45, 7) is 11.6. The number of phenols is 1. The van der Waals surface area contributed by atoms with Crippen LogP contribution in [-0.4, -0.2) is 63.1 Å². The van der Waals surface area contributed by atoms with Crippen LogP contribution in [0.3, 0.4) is 0 Å². The quantitative estimate of drug-likeness (QED) is 0.264. The van der Waals surface area contributed by atoms with E-state index in [0.29, 0.717) is 57.9 Å². The van der Waals surface area contributed by atoms with Gasteiger partial charge in [0.05, 0.1) is 51.8 Å². The van der Waals surface area contributed by atoms with Crippen LogP contribution in [0.25, 0.3) is 11.1 Å². The number of rotatable bonds is 18. The Balaban J connectivity index is 2.06. The van der Waals surface area contributed by atoms with E-state index in [1.165, 1.54) is 5.56 Å². The van der Waals surface area contributed by atoms with Gasteiger partial charge in [0.15, 0.2) is 0 Å². The maximum atomic E-state index is 11.1. The minimum Gasteiger partial charge on any atom is -0.507 e. The second kappa shape index (κ2) is 16.5. The minimum atomic E-state index is 0.0207. The Morgan fingerprint density at radius 2 is 1.49 bits per heavy atom. The summed E-state index contributed by atoms with van der Waals surface area (Å²) in [6.07, 6.45) is 4.33. The van der Waals surface area contributed by atoms with Crippen LogP contribution in [0, 0.1) is 6.92 Å². The van der Waals surface area contributed by atoms with Gasteiger partial charge in [-0.1, -0.05) is 57.4 Å². The summed E-state index contributed by atoms with van der Waals surface area (Å²) in [6, 6.07) is 10.4. The van der Waals surface area contributed by atoms with Crippen LogP contribution in [0.2, 0.25) is 0 Å². The molecule has 6 heteroatoms. The number of hydrogen-bond acceptors (Lipinski definition) is 6. The van der Waals surface area contributed by atoms with Crippen LogP contribution >= 0.6 is 0 Å². The van der Waals surface area contributed by atoms with Gasteiger partial charge >= 0.3 is 0 Å². The number of aryl methyl sites for hydroxylation is 2. The highest BCUT2D eigenvalue weighted by molar-refractivity contribution is 5.80. The highest BCUT2D eigenvalue weighted by Crippen LogP contribution is 2.43. The van der Waals surface area contributed by atoms with Gasteiger partial charge in [-0.25, -0.2) is 0 Å². The summed E-state index contributed by atoms with van der Waals surface area (Å²) in [4.78, 5) is 0. The normalized spacial score (nSPS) is 11.4. The van der Waals surface area contributed by atoms with Crippen LogP contribution in [0.4, 0.5) is 0 Å². The number of phenolic OH excluding ortho intramolecular Hbond substituents is 1. The Bertz CT molecular complexity index is 864. The molecule has 0 spiro atoms. The summed E-state index contributed by atoms with van der Waals surface area (Å²) in [5.41, 5.74) is 5.19. The van der Waals surface area contributed by atoms with E-state index >= 15 is 0 Å². The molecule has 35 heavy (non-hydrogen) atoms. The van der Waals surface area contributed by atoms with Gasteiger partial charge < -0.3 is 29.2 Å². The molecule has 0 heterocycles. The maximum Gasteiger partial charge on any atom is 0.131 e. The zero-order chi connectivity index (χ0) is 25.5. The van der Waals surface area contributed by atoms with E-state index in [9.17, 15) is 5.11 Å². The second-order valence-corrected chi connectivity index (χ2v) is 9.10. The van der Waals surface area contributed by atoms with E-state index in [1.807, 2.05) is 6.07 Å². The SMILES string of the molecule is CCCCCc1cc(O)c(-c2cc(C)ccc2C(C)C)c(OCCOCCOCCOCCO)c1. The lowest BCUT2D eigenvalue weighted by atomic mass is 9.89. The van der Waals surface area contributed by atoms with Crippen molar-refractivity contribution in [2.45, 2.75) is 59.3 Å². The Hall–Kier alpha value is -2.12. The van der Waals surface area contributed by atoms with Crippen LogP contribution in [0.15, 0.2) is 30.3 Å². The third kappa shape index (κ3) is 10.2. The molecule has 0 radical (unpaired) electrons. The molecule has 2 rings (SSSR count). The maximum absolute atomic E-state index is 11.1. The molecule has 0 aliphatic carbocycles. The van der Waals surface area contributed by atoms with Gasteiger partial charge in [-0.3, -0.25) is 0 Å². The lowest BCUT2D eigenvalue weighted by Gasteiger charge is -2.20. The van der Waals surface area contributed by atoms with E-state index in [-0.39, 0.29) is 12.4 Å². The first-order valence-corrected chi connectivity index (χ1v) is 12.9. The number of ether oxygens (including phenoxy) is 4. The number of benzene rings is 2. The van der Waals surface area contributed by atoms with Crippen molar-refractivity contribution >= 4 is 0 Å². The molecule has 0 atom stereocenters. The zero-order valence-corrected chi connectivity index (χ0v) is 22.0. The smallest absolute Gasteiger partial charge is 0.131 e. The molecule has 0 aromatic heterocycles. The summed E-state index contributed by atoms with van der Waals surface area (Å²) in [5, 5.41) is 19.8. The fourth-order valence-corrected chi connectivity index (χ4v) is 3.97. The Labute approximate surface area is 211 Å². The van der Waals surface area contributed by atoms with Gasteiger partial charge in [0.2, 0.25) is 0 Å². The lowest BCUT2D eigenvalue weighted by molar-refractivity contribution is 0.00362. The number of unbranched alkanes of at least 4 members (excludes halogenated alkanes) is 2. The van der Waals surface area contributed by atoms with Gasteiger partial charge in [-0.2, -0.15) is 0 Å². The molecule has 0 amide bonds. The van der Waals surface area contributed by atoms with E-state index in [2.05, 4.69) is 52.0 Å². The van der Waals surface area contributed by atoms with E-state index in [4.69, 9.17) is 24.1 Å². The average Bonchev–Trinajstić information content (AvgIpc) is 2.82. The first-order valence-electron chi connectivity index (χ1n) is 12.9. The summed E-state index contributed by atoms with van der Waals surface area (Å²) in [7, 11) is 0. The summed E-state index contributed by atoms with van der Waals surface area (Å²) >= 11 is 0. The Kier molecular flexibility index (Phi) is 13.8. The molecule has 0 saturated heterocycles. The van der Waals surface area contributed by atoms with Crippen LogP contribution < -0.4 is 4.74 Å². The van der Waals surface area contributed by atoms with Crippen LogP contribution in [0.1, 0.15) is 62.6 Å². The van der Waals surface area contributed by atoms with E-state index in [1.54, 1.807) is 0 Å². The first kappa shape index (κ1) is 29.1. The molecule has 0 bridgehead atoms.